The lowest BCUT2D eigenvalue weighted by atomic mass is 10.2. The normalized spacial score (nSPS) is 10.2. The standard InChI is InChI=1S/C21H23Br2N3O5S/c1-3-29-7-8-30-16-6-4-5-14(10-16)20(28)24-21(32)26-25-18(27)12-31-19-13(2)9-15(22)11-17(19)23/h4-6,9-11H,3,7-8,12H2,1-2H3,(H,25,27)(H2,24,26,28,32). The second kappa shape index (κ2) is 13.4. The predicted octanol–water partition coefficient (Wildman–Crippen LogP) is 3.65. The van der Waals surface area contributed by atoms with Crippen LogP contribution in [0.15, 0.2) is 45.3 Å². The van der Waals surface area contributed by atoms with Crippen LogP contribution in [-0.4, -0.2) is 43.4 Å². The Morgan fingerprint density at radius 3 is 2.56 bits per heavy atom. The van der Waals surface area contributed by atoms with Crippen LogP contribution in [0.3, 0.4) is 0 Å². The number of hydrazine groups is 1. The zero-order valence-electron chi connectivity index (χ0n) is 17.5. The van der Waals surface area contributed by atoms with Crippen molar-refractivity contribution in [2.75, 3.05) is 26.4 Å². The van der Waals surface area contributed by atoms with E-state index in [-0.39, 0.29) is 11.7 Å². The van der Waals surface area contributed by atoms with Gasteiger partial charge in [-0.05, 0) is 77.9 Å². The van der Waals surface area contributed by atoms with Crippen molar-refractivity contribution in [1.29, 1.82) is 0 Å². The monoisotopic (exact) mass is 587 g/mol. The zero-order valence-corrected chi connectivity index (χ0v) is 21.5. The van der Waals surface area contributed by atoms with Crippen molar-refractivity contribution >= 4 is 61.0 Å². The van der Waals surface area contributed by atoms with Gasteiger partial charge in [0.25, 0.3) is 11.8 Å². The zero-order chi connectivity index (χ0) is 23.5. The summed E-state index contributed by atoms with van der Waals surface area (Å²) >= 11 is 11.8. The third-order valence-electron chi connectivity index (χ3n) is 3.88. The van der Waals surface area contributed by atoms with Crippen molar-refractivity contribution in [2.24, 2.45) is 0 Å². The van der Waals surface area contributed by atoms with Gasteiger partial charge in [0.05, 0.1) is 11.1 Å². The summed E-state index contributed by atoms with van der Waals surface area (Å²) in [5, 5.41) is 2.42. The fraction of sp³-hybridized carbons (Fsp3) is 0.286. The molecule has 0 heterocycles. The molecule has 0 atom stereocenters. The van der Waals surface area contributed by atoms with Crippen molar-refractivity contribution < 1.29 is 23.8 Å². The molecule has 2 amide bonds. The van der Waals surface area contributed by atoms with E-state index in [1.165, 1.54) is 0 Å². The Labute approximate surface area is 208 Å². The summed E-state index contributed by atoms with van der Waals surface area (Å²) in [5.41, 5.74) is 6.07. The SMILES string of the molecule is CCOCCOc1cccc(C(=O)NC(=S)NNC(=O)COc2c(C)cc(Br)cc2Br)c1. The highest BCUT2D eigenvalue weighted by Crippen LogP contribution is 2.32. The molecular formula is C21H23Br2N3O5S. The highest BCUT2D eigenvalue weighted by molar-refractivity contribution is 9.11. The lowest BCUT2D eigenvalue weighted by Crippen LogP contribution is -2.49. The van der Waals surface area contributed by atoms with E-state index in [0.717, 1.165) is 14.5 Å². The Morgan fingerprint density at radius 1 is 1.06 bits per heavy atom. The Morgan fingerprint density at radius 2 is 1.84 bits per heavy atom. The van der Waals surface area contributed by atoms with E-state index < -0.39 is 11.8 Å². The molecule has 0 radical (unpaired) electrons. The number of amides is 2. The summed E-state index contributed by atoms with van der Waals surface area (Å²) in [6.45, 7) is 4.97. The van der Waals surface area contributed by atoms with E-state index in [2.05, 4.69) is 48.0 Å². The quantitative estimate of drug-likeness (QED) is 0.234. The molecule has 0 fully saturated rings. The molecule has 0 unspecified atom stereocenters. The van der Waals surface area contributed by atoms with Crippen LogP contribution in [-0.2, 0) is 9.53 Å². The number of carbonyl (C=O) groups is 2. The fourth-order valence-corrected chi connectivity index (χ4v) is 4.17. The second-order valence-corrected chi connectivity index (χ2v) is 8.53. The molecule has 2 aromatic rings. The van der Waals surface area contributed by atoms with Crippen LogP contribution in [0.5, 0.6) is 11.5 Å². The summed E-state index contributed by atoms with van der Waals surface area (Å²) in [5.74, 6) is 0.178. The molecule has 3 N–H and O–H groups in total. The number of carbonyl (C=O) groups excluding carboxylic acids is 2. The van der Waals surface area contributed by atoms with E-state index in [1.54, 1.807) is 24.3 Å². The van der Waals surface area contributed by atoms with Gasteiger partial charge in [-0.15, -0.1) is 0 Å². The highest BCUT2D eigenvalue weighted by Gasteiger charge is 2.12. The fourth-order valence-electron chi connectivity index (χ4n) is 2.47. The molecule has 0 aliphatic rings. The lowest BCUT2D eigenvalue weighted by Gasteiger charge is -2.13. The number of benzene rings is 2. The van der Waals surface area contributed by atoms with Gasteiger partial charge in [-0.2, -0.15) is 0 Å². The van der Waals surface area contributed by atoms with Gasteiger partial charge in [-0.3, -0.25) is 25.8 Å². The predicted molar refractivity (Wildman–Crippen MR) is 132 cm³/mol. The second-order valence-electron chi connectivity index (χ2n) is 6.35. The lowest BCUT2D eigenvalue weighted by molar-refractivity contribution is -0.123. The summed E-state index contributed by atoms with van der Waals surface area (Å²) in [6, 6.07) is 10.3. The topological polar surface area (TPSA) is 97.9 Å². The molecule has 0 aromatic heterocycles. The van der Waals surface area contributed by atoms with E-state index in [0.29, 0.717) is 36.9 Å². The van der Waals surface area contributed by atoms with Gasteiger partial charge in [-0.1, -0.05) is 22.0 Å². The Bertz CT molecular complexity index is 951. The van der Waals surface area contributed by atoms with Gasteiger partial charge < -0.3 is 14.2 Å². The minimum absolute atomic E-state index is 0.0629. The first-order chi connectivity index (χ1) is 15.3. The smallest absolute Gasteiger partial charge is 0.276 e. The average Bonchev–Trinajstić information content (AvgIpc) is 2.74. The molecule has 0 aliphatic heterocycles. The maximum absolute atomic E-state index is 12.4. The van der Waals surface area contributed by atoms with Gasteiger partial charge in [0.2, 0.25) is 0 Å². The van der Waals surface area contributed by atoms with Crippen LogP contribution < -0.4 is 25.6 Å². The molecule has 32 heavy (non-hydrogen) atoms. The van der Waals surface area contributed by atoms with Crippen molar-refractivity contribution in [3.63, 3.8) is 0 Å². The molecule has 8 nitrogen and oxygen atoms in total. The first-order valence-electron chi connectivity index (χ1n) is 9.59. The Kier molecular flexibility index (Phi) is 10.9. The third kappa shape index (κ3) is 8.73. The molecular weight excluding hydrogens is 566 g/mol. The summed E-state index contributed by atoms with van der Waals surface area (Å²) < 4.78 is 17.9. The van der Waals surface area contributed by atoms with Gasteiger partial charge in [0.1, 0.15) is 18.1 Å². The van der Waals surface area contributed by atoms with Gasteiger partial charge in [0, 0.05) is 16.6 Å². The van der Waals surface area contributed by atoms with Crippen LogP contribution >= 0.6 is 44.1 Å². The van der Waals surface area contributed by atoms with Crippen molar-refractivity contribution in [3.8, 4) is 11.5 Å². The highest BCUT2D eigenvalue weighted by atomic mass is 79.9. The molecule has 0 saturated carbocycles. The molecule has 0 spiro atoms. The van der Waals surface area contributed by atoms with E-state index >= 15 is 0 Å². The summed E-state index contributed by atoms with van der Waals surface area (Å²) in [6.07, 6.45) is 0. The number of thiocarbonyl (C=S) groups is 1. The van der Waals surface area contributed by atoms with E-state index in [1.807, 2.05) is 26.0 Å². The number of nitrogens with one attached hydrogen (secondary N) is 3. The Balaban J connectivity index is 1.78. The number of aryl methyl sites for hydroxylation is 1. The van der Waals surface area contributed by atoms with E-state index in [9.17, 15) is 9.59 Å². The Hall–Kier alpha value is -2.21. The number of halogens is 2. The van der Waals surface area contributed by atoms with Crippen molar-refractivity contribution in [3.05, 3.63) is 56.5 Å². The van der Waals surface area contributed by atoms with Gasteiger partial charge in [0.15, 0.2) is 11.7 Å². The van der Waals surface area contributed by atoms with Gasteiger partial charge in [-0.25, -0.2) is 0 Å². The molecule has 0 aliphatic carbocycles. The third-order valence-corrected chi connectivity index (χ3v) is 5.13. The minimum atomic E-state index is -0.472. The van der Waals surface area contributed by atoms with Crippen molar-refractivity contribution in [2.45, 2.75) is 13.8 Å². The van der Waals surface area contributed by atoms with Crippen LogP contribution in [0.2, 0.25) is 0 Å². The molecule has 11 heteroatoms. The maximum Gasteiger partial charge on any atom is 0.276 e. The number of hydrogen-bond donors (Lipinski definition) is 3. The van der Waals surface area contributed by atoms with Crippen LogP contribution in [0.25, 0.3) is 0 Å². The molecule has 2 aromatic carbocycles. The average molecular weight is 589 g/mol. The van der Waals surface area contributed by atoms with Crippen LogP contribution in [0.4, 0.5) is 0 Å². The largest absolute Gasteiger partial charge is 0.491 e. The van der Waals surface area contributed by atoms with Gasteiger partial charge >= 0.3 is 0 Å². The molecule has 2 rings (SSSR count). The molecule has 172 valence electrons. The summed E-state index contributed by atoms with van der Waals surface area (Å²) in [4.78, 5) is 24.4. The summed E-state index contributed by atoms with van der Waals surface area (Å²) in [7, 11) is 0. The first kappa shape index (κ1) is 26.0. The number of rotatable bonds is 9. The molecule has 0 bridgehead atoms. The molecule has 0 saturated heterocycles. The van der Waals surface area contributed by atoms with Crippen LogP contribution in [0.1, 0.15) is 22.8 Å². The minimum Gasteiger partial charge on any atom is -0.491 e. The van der Waals surface area contributed by atoms with E-state index in [4.69, 9.17) is 26.4 Å². The first-order valence-corrected chi connectivity index (χ1v) is 11.6. The maximum atomic E-state index is 12.4. The number of ether oxygens (including phenoxy) is 3. The van der Waals surface area contributed by atoms with Crippen molar-refractivity contribution in [1.82, 2.24) is 16.2 Å². The van der Waals surface area contributed by atoms with Crippen LogP contribution in [0, 0.1) is 6.92 Å². The number of hydrogen-bond acceptors (Lipinski definition) is 6.